The number of Topliss-reactive ketones (excluding diaryl/α,β-unsaturated/α-hetero) is 1. The van der Waals surface area contributed by atoms with Gasteiger partial charge in [-0.05, 0) is 49.8 Å². The SMILES string of the molecule is CCCC1CCC2(CC1)CC(=O)c1cc(F)ccc1O2. The van der Waals surface area contributed by atoms with Gasteiger partial charge in [0.2, 0.25) is 0 Å². The maximum atomic E-state index is 13.2. The molecule has 2 nitrogen and oxygen atoms in total. The number of halogens is 1. The minimum Gasteiger partial charge on any atom is -0.486 e. The van der Waals surface area contributed by atoms with Crippen LogP contribution in [0.4, 0.5) is 4.39 Å². The smallest absolute Gasteiger partial charge is 0.170 e. The van der Waals surface area contributed by atoms with Crippen LogP contribution in [0.5, 0.6) is 5.75 Å². The van der Waals surface area contributed by atoms with Gasteiger partial charge >= 0.3 is 0 Å². The van der Waals surface area contributed by atoms with Gasteiger partial charge in [0.15, 0.2) is 5.78 Å². The minimum absolute atomic E-state index is 0.0275. The number of fused-ring (bicyclic) bond motifs is 1. The lowest BCUT2D eigenvalue weighted by Crippen LogP contribution is -2.45. The van der Waals surface area contributed by atoms with E-state index < -0.39 is 0 Å². The number of ether oxygens (including phenoxy) is 1. The molecular formula is C17H21FO2. The Kier molecular flexibility index (Phi) is 3.53. The zero-order chi connectivity index (χ0) is 14.2. The van der Waals surface area contributed by atoms with Crippen molar-refractivity contribution in [1.29, 1.82) is 0 Å². The number of carbonyl (C=O) groups is 1. The summed E-state index contributed by atoms with van der Waals surface area (Å²) < 4.78 is 19.4. The van der Waals surface area contributed by atoms with Crippen molar-refractivity contribution in [3.05, 3.63) is 29.6 Å². The molecule has 108 valence electrons. The summed E-state index contributed by atoms with van der Waals surface area (Å²) in [4.78, 5) is 12.3. The fourth-order valence-corrected chi connectivity index (χ4v) is 3.65. The highest BCUT2D eigenvalue weighted by Crippen LogP contribution is 2.44. The summed E-state index contributed by atoms with van der Waals surface area (Å²) in [6.45, 7) is 2.22. The van der Waals surface area contributed by atoms with Crippen LogP contribution in [0.1, 0.15) is 62.2 Å². The molecular weight excluding hydrogens is 255 g/mol. The van der Waals surface area contributed by atoms with Crippen LogP contribution >= 0.6 is 0 Å². The van der Waals surface area contributed by atoms with Crippen LogP contribution < -0.4 is 4.74 Å². The van der Waals surface area contributed by atoms with Gasteiger partial charge in [-0.3, -0.25) is 4.79 Å². The van der Waals surface area contributed by atoms with E-state index in [0.29, 0.717) is 17.7 Å². The monoisotopic (exact) mass is 276 g/mol. The van der Waals surface area contributed by atoms with E-state index in [0.717, 1.165) is 31.6 Å². The molecule has 0 saturated heterocycles. The molecule has 20 heavy (non-hydrogen) atoms. The summed E-state index contributed by atoms with van der Waals surface area (Å²) in [6.07, 6.45) is 7.06. The van der Waals surface area contributed by atoms with Gasteiger partial charge < -0.3 is 4.74 Å². The van der Waals surface area contributed by atoms with Gasteiger partial charge in [-0.15, -0.1) is 0 Å². The van der Waals surface area contributed by atoms with Gasteiger partial charge in [-0.1, -0.05) is 19.8 Å². The van der Waals surface area contributed by atoms with Gasteiger partial charge in [0.05, 0.1) is 12.0 Å². The van der Waals surface area contributed by atoms with Crippen molar-refractivity contribution in [2.45, 2.75) is 57.5 Å². The molecule has 0 N–H and O–H groups in total. The Labute approximate surface area is 119 Å². The van der Waals surface area contributed by atoms with E-state index in [1.807, 2.05) is 0 Å². The molecule has 1 spiro atoms. The molecule has 1 aliphatic heterocycles. The van der Waals surface area contributed by atoms with E-state index in [1.54, 1.807) is 6.07 Å². The first-order chi connectivity index (χ1) is 9.62. The molecule has 1 aromatic carbocycles. The molecule has 1 heterocycles. The maximum Gasteiger partial charge on any atom is 0.170 e. The first-order valence-electron chi connectivity index (χ1n) is 7.64. The summed E-state index contributed by atoms with van der Waals surface area (Å²) in [5, 5.41) is 0. The van der Waals surface area contributed by atoms with Gasteiger partial charge in [0.25, 0.3) is 0 Å². The minimum atomic E-state index is -0.372. The number of rotatable bonds is 2. The van der Waals surface area contributed by atoms with Gasteiger partial charge in [-0.2, -0.15) is 0 Å². The van der Waals surface area contributed by atoms with E-state index >= 15 is 0 Å². The van der Waals surface area contributed by atoms with Crippen LogP contribution in [0.2, 0.25) is 0 Å². The second kappa shape index (κ2) is 5.19. The predicted octanol–water partition coefficient (Wildman–Crippen LogP) is 4.52. The molecule has 1 aliphatic carbocycles. The standard InChI is InChI=1S/C17H21FO2/c1-2-3-12-6-8-17(9-7-12)11-15(19)14-10-13(18)4-5-16(14)20-17/h4-5,10,12H,2-3,6-9,11H2,1H3. The van der Waals surface area contributed by atoms with Gasteiger partial charge in [0, 0.05) is 0 Å². The molecule has 1 fully saturated rings. The largest absolute Gasteiger partial charge is 0.486 e. The topological polar surface area (TPSA) is 26.3 Å². The molecule has 2 aliphatic rings. The predicted molar refractivity (Wildman–Crippen MR) is 75.6 cm³/mol. The molecule has 0 bridgehead atoms. The molecule has 1 saturated carbocycles. The number of carbonyl (C=O) groups excluding carboxylic acids is 1. The normalized spacial score (nSPS) is 29.1. The Morgan fingerprint density at radius 2 is 2.10 bits per heavy atom. The highest BCUT2D eigenvalue weighted by molar-refractivity contribution is 6.00. The molecule has 0 unspecified atom stereocenters. The molecule has 0 aromatic heterocycles. The van der Waals surface area contributed by atoms with E-state index in [2.05, 4.69) is 6.92 Å². The van der Waals surface area contributed by atoms with Crippen LogP contribution in [0.15, 0.2) is 18.2 Å². The lowest BCUT2D eigenvalue weighted by Gasteiger charge is -2.42. The van der Waals surface area contributed by atoms with Crippen molar-refractivity contribution in [2.24, 2.45) is 5.92 Å². The maximum absolute atomic E-state index is 13.2. The van der Waals surface area contributed by atoms with Crippen molar-refractivity contribution in [3.8, 4) is 5.75 Å². The lowest BCUT2D eigenvalue weighted by molar-refractivity contribution is 0.00104. The third kappa shape index (κ3) is 2.46. The quantitative estimate of drug-likeness (QED) is 0.793. The van der Waals surface area contributed by atoms with Crippen LogP contribution in [-0.4, -0.2) is 11.4 Å². The van der Waals surface area contributed by atoms with E-state index in [1.165, 1.54) is 25.0 Å². The van der Waals surface area contributed by atoms with Crippen molar-refractivity contribution in [2.75, 3.05) is 0 Å². The van der Waals surface area contributed by atoms with Gasteiger partial charge in [0.1, 0.15) is 17.2 Å². The van der Waals surface area contributed by atoms with Crippen molar-refractivity contribution in [1.82, 2.24) is 0 Å². The lowest BCUT2D eigenvalue weighted by atomic mass is 9.73. The summed E-state index contributed by atoms with van der Waals surface area (Å²) >= 11 is 0. The van der Waals surface area contributed by atoms with Crippen LogP contribution in [0, 0.1) is 11.7 Å². The van der Waals surface area contributed by atoms with Crippen molar-refractivity contribution >= 4 is 5.78 Å². The zero-order valence-electron chi connectivity index (χ0n) is 12.0. The van der Waals surface area contributed by atoms with Crippen LogP contribution in [0.25, 0.3) is 0 Å². The van der Waals surface area contributed by atoms with Crippen LogP contribution in [-0.2, 0) is 0 Å². The third-order valence-electron chi connectivity index (χ3n) is 4.76. The average Bonchev–Trinajstić information content (AvgIpc) is 2.43. The number of hydrogen-bond donors (Lipinski definition) is 0. The highest BCUT2D eigenvalue weighted by atomic mass is 19.1. The molecule has 1 aromatic rings. The molecule has 3 rings (SSSR count). The second-order valence-corrected chi connectivity index (χ2v) is 6.26. The number of benzene rings is 1. The molecule has 0 atom stereocenters. The van der Waals surface area contributed by atoms with E-state index in [9.17, 15) is 9.18 Å². The fourth-order valence-electron chi connectivity index (χ4n) is 3.65. The Morgan fingerprint density at radius 3 is 2.80 bits per heavy atom. The van der Waals surface area contributed by atoms with E-state index in [-0.39, 0.29) is 17.2 Å². The molecule has 3 heteroatoms. The number of ketones is 1. The van der Waals surface area contributed by atoms with Crippen LogP contribution in [0.3, 0.4) is 0 Å². The first kappa shape index (κ1) is 13.6. The summed E-state index contributed by atoms with van der Waals surface area (Å²) in [5.74, 6) is 0.999. The first-order valence-corrected chi connectivity index (χ1v) is 7.64. The molecule has 0 radical (unpaired) electrons. The van der Waals surface area contributed by atoms with Gasteiger partial charge in [-0.25, -0.2) is 4.39 Å². The number of hydrogen-bond acceptors (Lipinski definition) is 2. The Balaban J connectivity index is 1.78. The fraction of sp³-hybridized carbons (Fsp3) is 0.588. The Morgan fingerprint density at radius 1 is 1.35 bits per heavy atom. The molecule has 0 amide bonds. The summed E-state index contributed by atoms with van der Waals surface area (Å²) in [5.41, 5.74) is 0.0814. The van der Waals surface area contributed by atoms with Crippen molar-refractivity contribution in [3.63, 3.8) is 0 Å². The highest BCUT2D eigenvalue weighted by Gasteiger charge is 2.43. The second-order valence-electron chi connectivity index (χ2n) is 6.26. The average molecular weight is 276 g/mol. The summed E-state index contributed by atoms with van der Waals surface area (Å²) in [7, 11) is 0. The zero-order valence-corrected chi connectivity index (χ0v) is 12.0. The Bertz CT molecular complexity index is 516. The summed E-state index contributed by atoms with van der Waals surface area (Å²) in [6, 6.07) is 4.27. The van der Waals surface area contributed by atoms with E-state index in [4.69, 9.17) is 4.74 Å². The third-order valence-corrected chi connectivity index (χ3v) is 4.76. The van der Waals surface area contributed by atoms with Crippen molar-refractivity contribution < 1.29 is 13.9 Å². The Hall–Kier alpha value is -1.38.